The molecule has 0 fully saturated rings. The van der Waals surface area contributed by atoms with Crippen LogP contribution < -0.4 is 14.9 Å². The Bertz CT molecular complexity index is 1310. The molecule has 0 aliphatic rings. The highest BCUT2D eigenvalue weighted by Crippen LogP contribution is 2.27. The Kier molecular flexibility index (Phi) is 7.40. The van der Waals surface area contributed by atoms with Crippen LogP contribution in [0.4, 0.5) is 4.39 Å². The molecular formula is C27H22ClFN2O3. The number of amides is 1. The first-order valence-corrected chi connectivity index (χ1v) is 11.0. The topological polar surface area (TPSA) is 59.9 Å². The van der Waals surface area contributed by atoms with Gasteiger partial charge in [0.2, 0.25) is 0 Å². The standard InChI is InChI=1S/C27H22ClFN2O3/c1-18(34-23-13-9-21(28)10-14-23)27(32)31-30-16-25-24-5-3-2-4-20(24)8-15-26(25)33-17-19-6-11-22(29)12-7-19/h2-16,18H,17H2,1H3,(H,31,32)/b30-16-/t18-/m1/s1. The number of fused-ring (bicyclic) bond motifs is 1. The molecule has 172 valence electrons. The van der Waals surface area contributed by atoms with Gasteiger partial charge in [0.05, 0.1) is 6.21 Å². The van der Waals surface area contributed by atoms with Crippen molar-refractivity contribution in [3.63, 3.8) is 0 Å². The Balaban J connectivity index is 1.48. The zero-order chi connectivity index (χ0) is 23.9. The first kappa shape index (κ1) is 23.3. The maximum Gasteiger partial charge on any atom is 0.280 e. The van der Waals surface area contributed by atoms with Crippen LogP contribution in [0.5, 0.6) is 11.5 Å². The summed E-state index contributed by atoms with van der Waals surface area (Å²) in [4.78, 5) is 12.5. The van der Waals surface area contributed by atoms with Crippen molar-refractivity contribution >= 4 is 34.5 Å². The van der Waals surface area contributed by atoms with E-state index in [0.29, 0.717) is 22.1 Å². The maximum absolute atomic E-state index is 13.2. The quantitative estimate of drug-likeness (QED) is 0.246. The monoisotopic (exact) mass is 476 g/mol. The summed E-state index contributed by atoms with van der Waals surface area (Å²) < 4.78 is 24.8. The summed E-state index contributed by atoms with van der Waals surface area (Å²) in [5.74, 6) is 0.417. The predicted molar refractivity (Wildman–Crippen MR) is 132 cm³/mol. The number of rotatable bonds is 8. The Labute approximate surface area is 201 Å². The molecule has 0 saturated heterocycles. The summed E-state index contributed by atoms with van der Waals surface area (Å²) in [6.45, 7) is 1.90. The lowest BCUT2D eigenvalue weighted by Gasteiger charge is -2.13. The molecule has 0 unspecified atom stereocenters. The molecule has 0 aromatic heterocycles. The number of carbonyl (C=O) groups excluding carboxylic acids is 1. The number of hydrogen-bond donors (Lipinski definition) is 1. The molecule has 1 atom stereocenters. The van der Waals surface area contributed by atoms with Gasteiger partial charge < -0.3 is 9.47 Å². The Hall–Kier alpha value is -3.90. The lowest BCUT2D eigenvalue weighted by molar-refractivity contribution is -0.127. The lowest BCUT2D eigenvalue weighted by Crippen LogP contribution is -2.33. The molecule has 0 spiro atoms. The highest BCUT2D eigenvalue weighted by atomic mass is 35.5. The molecule has 4 rings (SSSR count). The van der Waals surface area contributed by atoms with E-state index in [-0.39, 0.29) is 12.4 Å². The van der Waals surface area contributed by atoms with Gasteiger partial charge in [-0.1, -0.05) is 54.1 Å². The number of nitrogens with one attached hydrogen (secondary N) is 1. The molecule has 0 heterocycles. The number of benzene rings is 4. The van der Waals surface area contributed by atoms with Gasteiger partial charge in [0, 0.05) is 10.6 Å². The van der Waals surface area contributed by atoms with Crippen LogP contribution in [-0.2, 0) is 11.4 Å². The summed E-state index contributed by atoms with van der Waals surface area (Å²) >= 11 is 5.88. The SMILES string of the molecule is C[C@@H](Oc1ccc(Cl)cc1)C(=O)N/N=C\c1c(OCc2ccc(F)cc2)ccc2ccccc12. The van der Waals surface area contributed by atoms with E-state index in [0.717, 1.165) is 16.3 Å². The largest absolute Gasteiger partial charge is 0.488 e. The number of nitrogens with zero attached hydrogens (tertiary/aromatic N) is 1. The third-order valence-corrected chi connectivity index (χ3v) is 5.35. The molecule has 5 nitrogen and oxygen atoms in total. The predicted octanol–water partition coefficient (Wildman–Crippen LogP) is 6.13. The van der Waals surface area contributed by atoms with Gasteiger partial charge in [-0.3, -0.25) is 4.79 Å². The van der Waals surface area contributed by atoms with E-state index >= 15 is 0 Å². The second-order valence-electron chi connectivity index (χ2n) is 7.56. The van der Waals surface area contributed by atoms with Crippen molar-refractivity contribution in [2.75, 3.05) is 0 Å². The van der Waals surface area contributed by atoms with Gasteiger partial charge in [-0.05, 0) is 65.7 Å². The van der Waals surface area contributed by atoms with Crippen LogP contribution in [0.25, 0.3) is 10.8 Å². The summed E-state index contributed by atoms with van der Waals surface area (Å²) in [5.41, 5.74) is 4.06. The minimum absolute atomic E-state index is 0.262. The zero-order valence-electron chi connectivity index (χ0n) is 18.4. The Morgan fingerprint density at radius 2 is 1.76 bits per heavy atom. The van der Waals surface area contributed by atoms with Crippen LogP contribution in [0.1, 0.15) is 18.1 Å². The van der Waals surface area contributed by atoms with E-state index in [1.54, 1.807) is 49.5 Å². The number of ether oxygens (including phenoxy) is 2. The lowest BCUT2D eigenvalue weighted by atomic mass is 10.0. The molecule has 0 saturated carbocycles. The Morgan fingerprint density at radius 3 is 2.53 bits per heavy atom. The molecule has 7 heteroatoms. The van der Waals surface area contributed by atoms with Gasteiger partial charge in [0.15, 0.2) is 6.10 Å². The first-order valence-electron chi connectivity index (χ1n) is 10.6. The van der Waals surface area contributed by atoms with Crippen LogP contribution in [-0.4, -0.2) is 18.2 Å². The molecule has 4 aromatic rings. The fraction of sp³-hybridized carbons (Fsp3) is 0.111. The molecule has 4 aromatic carbocycles. The second-order valence-corrected chi connectivity index (χ2v) is 8.00. The van der Waals surface area contributed by atoms with Crippen LogP contribution in [0.2, 0.25) is 5.02 Å². The van der Waals surface area contributed by atoms with Crippen molar-refractivity contribution < 1.29 is 18.7 Å². The minimum atomic E-state index is -0.764. The third-order valence-electron chi connectivity index (χ3n) is 5.10. The van der Waals surface area contributed by atoms with Crippen LogP contribution >= 0.6 is 11.6 Å². The molecule has 34 heavy (non-hydrogen) atoms. The van der Waals surface area contributed by atoms with Crippen molar-refractivity contribution in [2.24, 2.45) is 5.10 Å². The fourth-order valence-corrected chi connectivity index (χ4v) is 3.42. The van der Waals surface area contributed by atoms with Gasteiger partial charge in [-0.15, -0.1) is 0 Å². The van der Waals surface area contributed by atoms with Crippen molar-refractivity contribution in [3.05, 3.63) is 107 Å². The molecule has 0 bridgehead atoms. The van der Waals surface area contributed by atoms with Crippen molar-refractivity contribution in [1.29, 1.82) is 0 Å². The number of hydrazone groups is 1. The normalized spacial score (nSPS) is 12.0. The van der Waals surface area contributed by atoms with Crippen LogP contribution in [0, 0.1) is 5.82 Å². The number of carbonyl (C=O) groups is 1. The van der Waals surface area contributed by atoms with Gasteiger partial charge in [0.25, 0.3) is 5.91 Å². The highest BCUT2D eigenvalue weighted by molar-refractivity contribution is 6.30. The molecule has 0 radical (unpaired) electrons. The summed E-state index contributed by atoms with van der Waals surface area (Å²) in [5, 5.41) is 6.65. The summed E-state index contributed by atoms with van der Waals surface area (Å²) in [6, 6.07) is 24.5. The Morgan fingerprint density at radius 1 is 1.03 bits per heavy atom. The van der Waals surface area contributed by atoms with Gasteiger partial charge in [0.1, 0.15) is 23.9 Å². The van der Waals surface area contributed by atoms with E-state index in [1.165, 1.54) is 12.1 Å². The van der Waals surface area contributed by atoms with Crippen molar-refractivity contribution in [3.8, 4) is 11.5 Å². The molecule has 1 amide bonds. The smallest absolute Gasteiger partial charge is 0.280 e. The maximum atomic E-state index is 13.2. The van der Waals surface area contributed by atoms with Crippen LogP contribution in [0.3, 0.4) is 0 Å². The average molecular weight is 477 g/mol. The van der Waals surface area contributed by atoms with E-state index < -0.39 is 12.0 Å². The summed E-state index contributed by atoms with van der Waals surface area (Å²) in [6.07, 6.45) is 0.787. The zero-order valence-corrected chi connectivity index (χ0v) is 19.1. The molecule has 0 aliphatic heterocycles. The molecular weight excluding hydrogens is 455 g/mol. The number of halogens is 2. The molecule has 1 N–H and O–H groups in total. The first-order chi connectivity index (χ1) is 16.5. The van der Waals surface area contributed by atoms with E-state index in [9.17, 15) is 9.18 Å². The highest BCUT2D eigenvalue weighted by Gasteiger charge is 2.14. The fourth-order valence-electron chi connectivity index (χ4n) is 3.30. The van der Waals surface area contributed by atoms with E-state index in [2.05, 4.69) is 10.5 Å². The van der Waals surface area contributed by atoms with E-state index in [4.69, 9.17) is 21.1 Å². The van der Waals surface area contributed by atoms with Gasteiger partial charge in [-0.25, -0.2) is 9.82 Å². The van der Waals surface area contributed by atoms with Crippen molar-refractivity contribution in [2.45, 2.75) is 19.6 Å². The van der Waals surface area contributed by atoms with Crippen LogP contribution in [0.15, 0.2) is 90.0 Å². The van der Waals surface area contributed by atoms with Gasteiger partial charge >= 0.3 is 0 Å². The third kappa shape index (κ3) is 5.91. The number of hydrogen-bond acceptors (Lipinski definition) is 4. The van der Waals surface area contributed by atoms with Crippen molar-refractivity contribution in [1.82, 2.24) is 5.43 Å². The van der Waals surface area contributed by atoms with Gasteiger partial charge in [-0.2, -0.15) is 5.10 Å². The summed E-state index contributed by atoms with van der Waals surface area (Å²) in [7, 11) is 0. The minimum Gasteiger partial charge on any atom is -0.488 e. The second kappa shape index (κ2) is 10.8. The molecule has 0 aliphatic carbocycles. The van der Waals surface area contributed by atoms with E-state index in [1.807, 2.05) is 36.4 Å². The average Bonchev–Trinajstić information content (AvgIpc) is 2.85.